The van der Waals surface area contributed by atoms with Crippen molar-refractivity contribution < 1.29 is 4.74 Å². The third-order valence-corrected chi connectivity index (χ3v) is 2.57. The summed E-state index contributed by atoms with van der Waals surface area (Å²) >= 11 is 0. The molecule has 1 unspecified atom stereocenters. The predicted octanol–water partition coefficient (Wildman–Crippen LogP) is 2.83. The zero-order chi connectivity index (χ0) is 10.8. The number of unbranched alkanes of at least 4 members (excludes halogenated alkanes) is 1. The van der Waals surface area contributed by atoms with Gasteiger partial charge in [0.2, 0.25) is 0 Å². The molecule has 0 saturated heterocycles. The Kier molecular flexibility index (Phi) is 9.42. The molecule has 2 heteroatoms. The van der Waals surface area contributed by atoms with Gasteiger partial charge < -0.3 is 10.1 Å². The zero-order valence-electron chi connectivity index (χ0n) is 10.3. The Morgan fingerprint density at radius 2 is 1.71 bits per heavy atom. The van der Waals surface area contributed by atoms with Gasteiger partial charge in [0.25, 0.3) is 0 Å². The Hall–Kier alpha value is -0.0800. The second kappa shape index (κ2) is 9.47. The minimum Gasteiger partial charge on any atom is -0.381 e. The van der Waals surface area contributed by atoms with Crippen molar-refractivity contribution in [1.82, 2.24) is 5.32 Å². The van der Waals surface area contributed by atoms with Gasteiger partial charge in [-0.2, -0.15) is 0 Å². The molecule has 0 heterocycles. The molecule has 0 aliphatic rings. The summed E-state index contributed by atoms with van der Waals surface area (Å²) in [7, 11) is 0. The Morgan fingerprint density at radius 1 is 1.07 bits per heavy atom. The van der Waals surface area contributed by atoms with E-state index in [0.717, 1.165) is 32.1 Å². The van der Waals surface area contributed by atoms with E-state index in [4.69, 9.17) is 4.74 Å². The van der Waals surface area contributed by atoms with Gasteiger partial charge in [-0.1, -0.05) is 27.2 Å². The summed E-state index contributed by atoms with van der Waals surface area (Å²) in [6.45, 7) is 11.8. The van der Waals surface area contributed by atoms with E-state index < -0.39 is 0 Å². The maximum atomic E-state index is 5.48. The van der Waals surface area contributed by atoms with Crippen LogP contribution < -0.4 is 5.32 Å². The average molecular weight is 201 g/mol. The zero-order valence-corrected chi connectivity index (χ0v) is 10.3. The molecule has 0 bridgehead atoms. The normalized spacial score (nSPS) is 13.5. The number of nitrogens with one attached hydrogen (secondary N) is 1. The standard InChI is InChI=1S/C12H27NO/c1-5-6-9-14-10-7-8-13-12(4)11(2)3/h11-13H,5-10H2,1-4H3. The van der Waals surface area contributed by atoms with E-state index in [0.29, 0.717) is 6.04 Å². The fourth-order valence-electron chi connectivity index (χ4n) is 1.09. The van der Waals surface area contributed by atoms with Crippen molar-refractivity contribution in [2.24, 2.45) is 5.92 Å². The Morgan fingerprint density at radius 3 is 2.29 bits per heavy atom. The van der Waals surface area contributed by atoms with E-state index in [1.807, 2.05) is 0 Å². The van der Waals surface area contributed by atoms with E-state index in [9.17, 15) is 0 Å². The molecule has 0 aliphatic heterocycles. The SMILES string of the molecule is CCCCOCCCNC(C)C(C)C. The van der Waals surface area contributed by atoms with Gasteiger partial charge in [-0.15, -0.1) is 0 Å². The van der Waals surface area contributed by atoms with E-state index in [2.05, 4.69) is 33.0 Å². The summed E-state index contributed by atoms with van der Waals surface area (Å²) in [5, 5.41) is 3.49. The van der Waals surface area contributed by atoms with Crippen LogP contribution in [-0.4, -0.2) is 25.8 Å². The fraction of sp³-hybridized carbons (Fsp3) is 1.00. The van der Waals surface area contributed by atoms with E-state index in [1.54, 1.807) is 0 Å². The first-order chi connectivity index (χ1) is 6.68. The molecule has 0 saturated carbocycles. The molecule has 0 aliphatic carbocycles. The number of hydrogen-bond donors (Lipinski definition) is 1. The molecule has 86 valence electrons. The highest BCUT2D eigenvalue weighted by atomic mass is 16.5. The van der Waals surface area contributed by atoms with Crippen LogP contribution in [0, 0.1) is 5.92 Å². The lowest BCUT2D eigenvalue weighted by Gasteiger charge is -2.17. The first-order valence-electron chi connectivity index (χ1n) is 5.99. The molecule has 0 aromatic rings. The van der Waals surface area contributed by atoms with Gasteiger partial charge in [-0.25, -0.2) is 0 Å². The summed E-state index contributed by atoms with van der Waals surface area (Å²) < 4.78 is 5.48. The van der Waals surface area contributed by atoms with Crippen molar-refractivity contribution in [2.75, 3.05) is 19.8 Å². The summed E-state index contributed by atoms with van der Waals surface area (Å²) in [5.74, 6) is 0.719. The molecular weight excluding hydrogens is 174 g/mol. The second-order valence-corrected chi connectivity index (χ2v) is 4.31. The lowest BCUT2D eigenvalue weighted by atomic mass is 10.1. The van der Waals surface area contributed by atoms with Crippen molar-refractivity contribution in [2.45, 2.75) is 53.0 Å². The molecule has 1 N–H and O–H groups in total. The molecule has 0 spiro atoms. The molecule has 0 aromatic heterocycles. The highest BCUT2D eigenvalue weighted by Crippen LogP contribution is 1.99. The third-order valence-electron chi connectivity index (χ3n) is 2.57. The van der Waals surface area contributed by atoms with Crippen LogP contribution >= 0.6 is 0 Å². The van der Waals surface area contributed by atoms with Gasteiger partial charge >= 0.3 is 0 Å². The van der Waals surface area contributed by atoms with E-state index in [1.165, 1.54) is 12.8 Å². The van der Waals surface area contributed by atoms with Crippen LogP contribution in [0.15, 0.2) is 0 Å². The minimum absolute atomic E-state index is 0.616. The van der Waals surface area contributed by atoms with Gasteiger partial charge in [0.15, 0.2) is 0 Å². The van der Waals surface area contributed by atoms with Crippen LogP contribution in [-0.2, 0) is 4.74 Å². The van der Waals surface area contributed by atoms with Gasteiger partial charge in [0, 0.05) is 19.3 Å². The molecule has 2 nitrogen and oxygen atoms in total. The van der Waals surface area contributed by atoms with Crippen LogP contribution in [0.1, 0.15) is 47.0 Å². The first kappa shape index (κ1) is 13.9. The van der Waals surface area contributed by atoms with Gasteiger partial charge in [-0.05, 0) is 32.2 Å². The highest BCUT2D eigenvalue weighted by Gasteiger charge is 2.04. The van der Waals surface area contributed by atoms with Crippen molar-refractivity contribution in [3.05, 3.63) is 0 Å². The summed E-state index contributed by atoms with van der Waals surface area (Å²) in [4.78, 5) is 0. The summed E-state index contributed by atoms with van der Waals surface area (Å²) in [6, 6.07) is 0.616. The highest BCUT2D eigenvalue weighted by molar-refractivity contribution is 4.63. The molecular formula is C12H27NO. The van der Waals surface area contributed by atoms with Crippen LogP contribution in [0.25, 0.3) is 0 Å². The molecule has 0 aromatic carbocycles. The lowest BCUT2D eigenvalue weighted by molar-refractivity contribution is 0.128. The lowest BCUT2D eigenvalue weighted by Crippen LogP contribution is -2.31. The third kappa shape index (κ3) is 8.52. The smallest absolute Gasteiger partial charge is 0.0478 e. The average Bonchev–Trinajstić information content (AvgIpc) is 2.16. The van der Waals surface area contributed by atoms with Gasteiger partial charge in [-0.3, -0.25) is 0 Å². The summed E-state index contributed by atoms with van der Waals surface area (Å²) in [6.07, 6.45) is 3.54. The fourth-order valence-corrected chi connectivity index (χ4v) is 1.09. The summed E-state index contributed by atoms with van der Waals surface area (Å²) in [5.41, 5.74) is 0. The van der Waals surface area contributed by atoms with Crippen molar-refractivity contribution in [1.29, 1.82) is 0 Å². The van der Waals surface area contributed by atoms with Crippen LogP contribution in [0.2, 0.25) is 0 Å². The van der Waals surface area contributed by atoms with Crippen molar-refractivity contribution in [3.8, 4) is 0 Å². The second-order valence-electron chi connectivity index (χ2n) is 4.31. The molecule has 0 amide bonds. The quantitative estimate of drug-likeness (QED) is 0.579. The van der Waals surface area contributed by atoms with Gasteiger partial charge in [0.1, 0.15) is 0 Å². The molecule has 1 atom stereocenters. The van der Waals surface area contributed by atoms with Crippen LogP contribution in [0.5, 0.6) is 0 Å². The Labute approximate surface area is 89.4 Å². The maximum Gasteiger partial charge on any atom is 0.0478 e. The van der Waals surface area contributed by atoms with Gasteiger partial charge in [0.05, 0.1) is 0 Å². The maximum absolute atomic E-state index is 5.48. The Bertz CT molecular complexity index is 115. The molecule has 0 rings (SSSR count). The van der Waals surface area contributed by atoms with E-state index >= 15 is 0 Å². The monoisotopic (exact) mass is 201 g/mol. The minimum atomic E-state index is 0.616. The number of hydrogen-bond acceptors (Lipinski definition) is 2. The van der Waals surface area contributed by atoms with Crippen molar-refractivity contribution in [3.63, 3.8) is 0 Å². The number of rotatable bonds is 9. The first-order valence-corrected chi connectivity index (χ1v) is 5.99. The Balaban J connectivity index is 3.06. The number of ether oxygens (including phenoxy) is 1. The van der Waals surface area contributed by atoms with Crippen LogP contribution in [0.3, 0.4) is 0 Å². The van der Waals surface area contributed by atoms with E-state index in [-0.39, 0.29) is 0 Å². The van der Waals surface area contributed by atoms with Crippen molar-refractivity contribution >= 4 is 0 Å². The largest absolute Gasteiger partial charge is 0.381 e. The molecule has 0 fully saturated rings. The molecule has 0 radical (unpaired) electrons. The van der Waals surface area contributed by atoms with Crippen LogP contribution in [0.4, 0.5) is 0 Å². The molecule has 14 heavy (non-hydrogen) atoms. The predicted molar refractivity (Wildman–Crippen MR) is 62.6 cm³/mol. The topological polar surface area (TPSA) is 21.3 Å².